The summed E-state index contributed by atoms with van der Waals surface area (Å²) in [5.41, 5.74) is 3.77. The van der Waals surface area contributed by atoms with E-state index in [9.17, 15) is 8.42 Å². The Balaban J connectivity index is 1.63. The highest BCUT2D eigenvalue weighted by molar-refractivity contribution is 7.89. The van der Waals surface area contributed by atoms with E-state index >= 15 is 0 Å². The van der Waals surface area contributed by atoms with Gasteiger partial charge in [-0.2, -0.15) is 4.31 Å². The molecule has 2 heterocycles. The summed E-state index contributed by atoms with van der Waals surface area (Å²) in [6.45, 7) is 11.5. The maximum atomic E-state index is 13.4. The van der Waals surface area contributed by atoms with Gasteiger partial charge in [-0.25, -0.2) is 8.42 Å². The molecule has 1 saturated carbocycles. The molecule has 0 N–H and O–H groups in total. The van der Waals surface area contributed by atoms with Crippen molar-refractivity contribution < 1.29 is 8.42 Å². The molecule has 2 bridgehead atoms. The van der Waals surface area contributed by atoms with Gasteiger partial charge in [0.1, 0.15) is 0 Å². The van der Waals surface area contributed by atoms with E-state index in [4.69, 9.17) is 0 Å². The van der Waals surface area contributed by atoms with Gasteiger partial charge in [-0.15, -0.1) is 0 Å². The van der Waals surface area contributed by atoms with Crippen molar-refractivity contribution in [3.8, 4) is 0 Å². The molecule has 146 valence electrons. The van der Waals surface area contributed by atoms with Crippen molar-refractivity contribution in [1.82, 2.24) is 4.31 Å². The van der Waals surface area contributed by atoms with Crippen molar-refractivity contribution in [2.45, 2.75) is 17.2 Å². The summed E-state index contributed by atoms with van der Waals surface area (Å²) >= 11 is 0. The minimum Gasteiger partial charge on any atom is -0.207 e. The molecule has 0 aromatic heterocycles. The van der Waals surface area contributed by atoms with Crippen LogP contribution in [-0.2, 0) is 15.4 Å². The molecular formula is C25H23NO2S. The number of fused-ring (bicyclic) bond motifs is 3. The predicted octanol–water partition coefficient (Wildman–Crippen LogP) is 4.83. The molecule has 4 heteroatoms. The first kappa shape index (κ1) is 18.3. The molecule has 0 unspecified atom stereocenters. The van der Waals surface area contributed by atoms with Crippen LogP contribution in [0.5, 0.6) is 0 Å². The summed E-state index contributed by atoms with van der Waals surface area (Å²) in [6.07, 6.45) is 0. The predicted molar refractivity (Wildman–Crippen MR) is 117 cm³/mol. The first-order valence-corrected chi connectivity index (χ1v) is 11.2. The summed E-state index contributed by atoms with van der Waals surface area (Å²) < 4.78 is 28.4. The summed E-state index contributed by atoms with van der Waals surface area (Å²) in [4.78, 5) is 0.341. The number of benzene rings is 3. The van der Waals surface area contributed by atoms with Crippen molar-refractivity contribution in [2.75, 3.05) is 13.1 Å². The Kier molecular flexibility index (Phi) is 3.89. The van der Waals surface area contributed by atoms with Gasteiger partial charge < -0.3 is 0 Å². The fourth-order valence-corrected chi connectivity index (χ4v) is 6.45. The fourth-order valence-electron chi connectivity index (χ4n) is 4.96. The average molecular weight is 402 g/mol. The zero-order valence-corrected chi connectivity index (χ0v) is 17.2. The summed E-state index contributed by atoms with van der Waals surface area (Å²) in [7, 11) is -3.58. The quantitative estimate of drug-likeness (QED) is 0.590. The number of sulfonamides is 1. The molecule has 29 heavy (non-hydrogen) atoms. The van der Waals surface area contributed by atoms with Gasteiger partial charge in [-0.3, -0.25) is 0 Å². The van der Waals surface area contributed by atoms with Crippen molar-refractivity contribution in [2.24, 2.45) is 5.92 Å². The second-order valence-electron chi connectivity index (χ2n) is 8.15. The van der Waals surface area contributed by atoms with E-state index in [1.165, 1.54) is 0 Å². The van der Waals surface area contributed by atoms with E-state index in [0.717, 1.165) is 33.0 Å². The van der Waals surface area contributed by atoms with Gasteiger partial charge in [0.15, 0.2) is 0 Å². The third kappa shape index (κ3) is 2.42. The topological polar surface area (TPSA) is 37.4 Å². The lowest BCUT2D eigenvalue weighted by molar-refractivity contribution is 0.201. The van der Waals surface area contributed by atoms with Gasteiger partial charge in [0.05, 0.1) is 10.3 Å². The highest BCUT2D eigenvalue weighted by atomic mass is 32.2. The van der Waals surface area contributed by atoms with Gasteiger partial charge in [0, 0.05) is 19.0 Å². The first-order chi connectivity index (χ1) is 13.9. The SMILES string of the molecule is C=C1C2CN(S(=O)(=O)c3ccc(C)cc3)CC1(c1cccc3ccccc13)C2=C. The second-order valence-corrected chi connectivity index (χ2v) is 10.1. The molecule has 0 radical (unpaired) electrons. The van der Waals surface area contributed by atoms with Crippen molar-refractivity contribution in [1.29, 1.82) is 0 Å². The second kappa shape index (κ2) is 6.15. The molecule has 0 spiro atoms. The Labute approximate surface area is 172 Å². The lowest BCUT2D eigenvalue weighted by atomic mass is 9.49. The molecule has 2 aliphatic heterocycles. The molecule has 3 aliphatic rings. The molecule has 6 rings (SSSR count). The van der Waals surface area contributed by atoms with Crippen molar-refractivity contribution >= 4 is 20.8 Å². The Morgan fingerprint density at radius 2 is 1.59 bits per heavy atom. The minimum atomic E-state index is -3.58. The number of piperidine rings is 2. The van der Waals surface area contributed by atoms with Crippen LogP contribution < -0.4 is 0 Å². The van der Waals surface area contributed by atoms with Crippen LogP contribution in [0.4, 0.5) is 0 Å². The van der Waals surface area contributed by atoms with Crippen molar-refractivity contribution in [3.05, 3.63) is 102 Å². The molecule has 3 nitrogen and oxygen atoms in total. The van der Waals surface area contributed by atoms with E-state index < -0.39 is 15.4 Å². The standard InChI is InChI=1S/C25H23NO2S/c1-17-11-13-21(14-12-17)29(27,28)26-15-23-18(2)25(16-26,19(23)3)24-10-6-8-20-7-4-5-9-22(20)24/h4-14,23H,2-3,15-16H2,1H3. The molecule has 1 aliphatic carbocycles. The number of nitrogens with zero attached hydrogens (tertiary/aromatic N) is 1. The van der Waals surface area contributed by atoms with E-state index in [2.05, 4.69) is 37.4 Å². The number of aryl methyl sites for hydroxylation is 1. The Morgan fingerprint density at radius 3 is 2.31 bits per heavy atom. The molecule has 0 amide bonds. The smallest absolute Gasteiger partial charge is 0.207 e. The van der Waals surface area contributed by atoms with Crippen LogP contribution in [0.15, 0.2) is 95.9 Å². The van der Waals surface area contributed by atoms with E-state index in [1.807, 2.05) is 37.3 Å². The summed E-state index contributed by atoms with van der Waals surface area (Å²) in [5, 5.41) is 2.27. The average Bonchev–Trinajstić information content (AvgIpc) is 2.74. The van der Waals surface area contributed by atoms with Gasteiger partial charge >= 0.3 is 0 Å². The zero-order chi connectivity index (χ0) is 20.4. The third-order valence-electron chi connectivity index (χ3n) is 6.65. The molecule has 2 saturated heterocycles. The molecule has 3 aromatic rings. The largest absolute Gasteiger partial charge is 0.243 e. The Morgan fingerprint density at radius 1 is 0.931 bits per heavy atom. The van der Waals surface area contributed by atoms with E-state index in [0.29, 0.717) is 18.0 Å². The maximum absolute atomic E-state index is 13.4. The fraction of sp³-hybridized carbons (Fsp3) is 0.200. The maximum Gasteiger partial charge on any atom is 0.243 e. The highest BCUT2D eigenvalue weighted by Gasteiger charge is 2.59. The number of hydrogen-bond donors (Lipinski definition) is 0. The van der Waals surface area contributed by atoms with Gasteiger partial charge in [0.25, 0.3) is 0 Å². The Bertz CT molecular complexity index is 1250. The van der Waals surface area contributed by atoms with Crippen LogP contribution in [0.3, 0.4) is 0 Å². The molecule has 0 atom stereocenters. The van der Waals surface area contributed by atoms with Crippen LogP contribution in [-0.4, -0.2) is 25.8 Å². The van der Waals surface area contributed by atoms with E-state index in [1.54, 1.807) is 16.4 Å². The van der Waals surface area contributed by atoms with Crippen LogP contribution in [0.1, 0.15) is 11.1 Å². The first-order valence-electron chi connectivity index (χ1n) is 9.79. The number of rotatable bonds is 3. The van der Waals surface area contributed by atoms with Gasteiger partial charge in [0.2, 0.25) is 10.0 Å². The number of hydrogen-bond acceptors (Lipinski definition) is 2. The van der Waals surface area contributed by atoms with Crippen LogP contribution in [0.2, 0.25) is 0 Å². The lowest BCUT2D eigenvalue weighted by Crippen LogP contribution is -2.63. The Hall–Kier alpha value is -2.69. The monoisotopic (exact) mass is 401 g/mol. The van der Waals surface area contributed by atoms with Gasteiger partial charge in [-0.1, -0.05) is 84.5 Å². The molecule has 3 aromatic carbocycles. The summed E-state index contributed by atoms with van der Waals surface area (Å²) in [6, 6.07) is 21.5. The van der Waals surface area contributed by atoms with Crippen molar-refractivity contribution in [3.63, 3.8) is 0 Å². The van der Waals surface area contributed by atoms with Gasteiger partial charge in [-0.05, 0) is 35.4 Å². The third-order valence-corrected chi connectivity index (χ3v) is 8.47. The van der Waals surface area contributed by atoms with Crippen LogP contribution in [0, 0.1) is 12.8 Å². The highest BCUT2D eigenvalue weighted by Crippen LogP contribution is 2.60. The van der Waals surface area contributed by atoms with Crippen LogP contribution in [0.25, 0.3) is 10.8 Å². The molecule has 3 fully saturated rings. The van der Waals surface area contributed by atoms with Crippen LogP contribution >= 0.6 is 0 Å². The van der Waals surface area contributed by atoms with E-state index in [-0.39, 0.29) is 5.92 Å². The minimum absolute atomic E-state index is 0.00272. The lowest BCUT2D eigenvalue weighted by Gasteiger charge is -2.60. The normalized spacial score (nSPS) is 24.5. The summed E-state index contributed by atoms with van der Waals surface area (Å²) in [5.74, 6) is 0.00272. The zero-order valence-electron chi connectivity index (χ0n) is 16.4. The molecular weight excluding hydrogens is 378 g/mol.